The van der Waals surface area contributed by atoms with Gasteiger partial charge in [0.15, 0.2) is 0 Å². The third-order valence-electron chi connectivity index (χ3n) is 4.87. The van der Waals surface area contributed by atoms with Crippen LogP contribution in [-0.4, -0.2) is 0 Å². The van der Waals surface area contributed by atoms with Gasteiger partial charge in [0.25, 0.3) is 0 Å². The van der Waals surface area contributed by atoms with E-state index in [0.717, 1.165) is 48.9 Å². The molecule has 0 N–H and O–H groups in total. The van der Waals surface area contributed by atoms with Crippen LogP contribution in [0.5, 0.6) is 0 Å². The number of hydrogen-bond donors (Lipinski definition) is 0. The molecule has 0 aliphatic rings. The highest BCUT2D eigenvalue weighted by atomic mass is 19.1. The van der Waals surface area contributed by atoms with E-state index in [0.29, 0.717) is 0 Å². The van der Waals surface area contributed by atoms with Gasteiger partial charge in [-0.15, -0.1) is 0 Å². The Hall–Kier alpha value is -3.36. The molecule has 3 aromatic rings. The summed E-state index contributed by atoms with van der Waals surface area (Å²) in [6.07, 6.45) is 4.28. The van der Waals surface area contributed by atoms with Gasteiger partial charge in [-0.3, -0.25) is 0 Å². The summed E-state index contributed by atoms with van der Waals surface area (Å²) in [6, 6.07) is 17.8. The number of aryl methyl sites for hydroxylation is 2. The fourth-order valence-corrected chi connectivity index (χ4v) is 2.98. The molecule has 3 aromatic carbocycles. The van der Waals surface area contributed by atoms with Crippen molar-refractivity contribution in [1.82, 2.24) is 0 Å². The average Bonchev–Trinajstić information content (AvgIpc) is 2.78. The predicted octanol–water partition coefficient (Wildman–Crippen LogP) is 6.67. The molecular weight excluding hydrogens is 374 g/mol. The van der Waals surface area contributed by atoms with Crippen LogP contribution >= 0.6 is 0 Å². The average molecular weight is 398 g/mol. The van der Waals surface area contributed by atoms with Crippen molar-refractivity contribution in [3.05, 3.63) is 106 Å². The minimum absolute atomic E-state index is 0.0258. The predicted molar refractivity (Wildman–Crippen MR) is 119 cm³/mol. The quantitative estimate of drug-likeness (QED) is 0.431. The lowest BCUT2D eigenvalue weighted by atomic mass is 10.1. The van der Waals surface area contributed by atoms with Crippen LogP contribution in [0.25, 0.3) is 0 Å². The highest BCUT2D eigenvalue weighted by molar-refractivity contribution is 5.49. The Morgan fingerprint density at radius 1 is 0.633 bits per heavy atom. The Kier molecular flexibility index (Phi) is 7.42. The topological polar surface area (TPSA) is 0 Å². The number of halogens is 2. The van der Waals surface area contributed by atoms with Crippen molar-refractivity contribution in [3.63, 3.8) is 0 Å². The minimum Gasteiger partial charge on any atom is -0.206 e. The van der Waals surface area contributed by atoms with Crippen LogP contribution in [0.15, 0.2) is 60.7 Å². The van der Waals surface area contributed by atoms with E-state index in [1.165, 1.54) is 11.1 Å². The van der Waals surface area contributed by atoms with E-state index in [-0.39, 0.29) is 11.1 Å². The molecule has 0 saturated carbocycles. The second kappa shape index (κ2) is 10.4. The zero-order chi connectivity index (χ0) is 21.3. The van der Waals surface area contributed by atoms with Gasteiger partial charge in [-0.2, -0.15) is 0 Å². The summed E-state index contributed by atoms with van der Waals surface area (Å²) in [4.78, 5) is 0. The van der Waals surface area contributed by atoms with Crippen molar-refractivity contribution >= 4 is 0 Å². The number of rotatable bonds is 4. The maximum atomic E-state index is 14.4. The summed E-state index contributed by atoms with van der Waals surface area (Å²) < 4.78 is 28.8. The highest BCUT2D eigenvalue weighted by Crippen LogP contribution is 2.15. The summed E-state index contributed by atoms with van der Waals surface area (Å²) in [5.41, 5.74) is 4.05. The van der Waals surface area contributed by atoms with Crippen LogP contribution in [0, 0.1) is 35.3 Å². The van der Waals surface area contributed by atoms with Crippen LogP contribution in [0.1, 0.15) is 60.1 Å². The van der Waals surface area contributed by atoms with Gasteiger partial charge in [-0.05, 0) is 66.8 Å². The van der Waals surface area contributed by atoms with Crippen LogP contribution in [0.4, 0.5) is 8.78 Å². The fourth-order valence-electron chi connectivity index (χ4n) is 2.98. The van der Waals surface area contributed by atoms with E-state index in [1.54, 1.807) is 0 Å². The molecule has 0 aliphatic heterocycles. The van der Waals surface area contributed by atoms with Crippen LogP contribution in [0.2, 0.25) is 0 Å². The third kappa shape index (κ3) is 5.82. The lowest BCUT2D eigenvalue weighted by Crippen LogP contribution is -1.92. The molecule has 2 heteroatoms. The second-order valence-corrected chi connectivity index (χ2v) is 7.16. The zero-order valence-electron chi connectivity index (χ0n) is 17.4. The molecule has 0 radical (unpaired) electrons. The van der Waals surface area contributed by atoms with Gasteiger partial charge in [-0.25, -0.2) is 8.78 Å². The summed E-state index contributed by atoms with van der Waals surface area (Å²) in [6.45, 7) is 4.24. The van der Waals surface area contributed by atoms with E-state index in [2.05, 4.69) is 37.5 Å². The molecule has 0 aromatic heterocycles. The van der Waals surface area contributed by atoms with Gasteiger partial charge in [0.1, 0.15) is 11.6 Å². The molecule has 0 amide bonds. The first kappa shape index (κ1) is 21.4. The van der Waals surface area contributed by atoms with Crippen molar-refractivity contribution in [2.45, 2.75) is 39.5 Å². The molecule has 0 saturated heterocycles. The van der Waals surface area contributed by atoms with Crippen LogP contribution < -0.4 is 0 Å². The van der Waals surface area contributed by atoms with Gasteiger partial charge in [-0.1, -0.05) is 68.2 Å². The van der Waals surface area contributed by atoms with Crippen LogP contribution in [0.3, 0.4) is 0 Å². The molecule has 0 aliphatic carbocycles. The summed E-state index contributed by atoms with van der Waals surface area (Å²) in [7, 11) is 0. The minimum atomic E-state index is -0.576. The summed E-state index contributed by atoms with van der Waals surface area (Å²) in [5, 5.41) is 0. The SMILES string of the molecule is CCCCc1ccc(C#Cc2cc(F)c(C#Cc3ccc(CC)cc3)cc2F)cc1. The lowest BCUT2D eigenvalue weighted by Gasteiger charge is -2.00. The van der Waals surface area contributed by atoms with Crippen molar-refractivity contribution in [1.29, 1.82) is 0 Å². The fraction of sp³-hybridized carbons (Fsp3) is 0.214. The molecular formula is C28H24F2. The Bertz CT molecular complexity index is 1120. The van der Waals surface area contributed by atoms with E-state index < -0.39 is 11.6 Å². The molecule has 30 heavy (non-hydrogen) atoms. The monoisotopic (exact) mass is 398 g/mol. The standard InChI is InChI=1S/C28H24F2/c1-3-5-6-22-11-13-24(14-12-22)16-18-26-20-27(29)25(19-28(26)30)17-15-23-9-7-21(4-2)8-10-23/h7-14,19-20H,3-6H2,1-2H3. The molecule has 0 fully saturated rings. The maximum Gasteiger partial charge on any atom is 0.140 e. The van der Waals surface area contributed by atoms with Gasteiger partial charge in [0.05, 0.1) is 11.1 Å². The van der Waals surface area contributed by atoms with E-state index in [9.17, 15) is 8.78 Å². The number of unbranched alkanes of at least 4 members (excludes halogenated alkanes) is 1. The first-order valence-corrected chi connectivity index (χ1v) is 10.3. The second-order valence-electron chi connectivity index (χ2n) is 7.16. The largest absolute Gasteiger partial charge is 0.206 e. The van der Waals surface area contributed by atoms with Gasteiger partial charge in [0.2, 0.25) is 0 Å². The van der Waals surface area contributed by atoms with Gasteiger partial charge >= 0.3 is 0 Å². The highest BCUT2D eigenvalue weighted by Gasteiger charge is 2.07. The molecule has 0 atom stereocenters. The summed E-state index contributed by atoms with van der Waals surface area (Å²) in [5.74, 6) is 10.1. The summed E-state index contributed by atoms with van der Waals surface area (Å²) >= 11 is 0. The zero-order valence-corrected chi connectivity index (χ0v) is 17.4. The molecule has 3 rings (SSSR count). The Balaban J connectivity index is 1.77. The lowest BCUT2D eigenvalue weighted by molar-refractivity contribution is 0.594. The van der Waals surface area contributed by atoms with Crippen LogP contribution in [-0.2, 0) is 12.8 Å². The Morgan fingerprint density at radius 3 is 1.53 bits per heavy atom. The smallest absolute Gasteiger partial charge is 0.140 e. The molecule has 0 unspecified atom stereocenters. The van der Waals surface area contributed by atoms with Crippen molar-refractivity contribution in [2.75, 3.05) is 0 Å². The molecule has 0 heterocycles. The molecule has 0 spiro atoms. The first-order valence-electron chi connectivity index (χ1n) is 10.3. The molecule has 150 valence electrons. The Labute approximate surface area is 178 Å². The van der Waals surface area contributed by atoms with Crippen molar-refractivity contribution in [2.24, 2.45) is 0 Å². The maximum absolute atomic E-state index is 14.4. The van der Waals surface area contributed by atoms with Gasteiger partial charge in [0, 0.05) is 11.1 Å². The van der Waals surface area contributed by atoms with Crippen molar-refractivity contribution in [3.8, 4) is 23.7 Å². The van der Waals surface area contributed by atoms with Crippen molar-refractivity contribution < 1.29 is 8.78 Å². The number of hydrogen-bond acceptors (Lipinski definition) is 0. The number of benzene rings is 3. The van der Waals surface area contributed by atoms with E-state index >= 15 is 0 Å². The van der Waals surface area contributed by atoms with E-state index in [1.807, 2.05) is 48.5 Å². The Morgan fingerprint density at radius 2 is 1.10 bits per heavy atom. The first-order chi connectivity index (χ1) is 14.6. The van der Waals surface area contributed by atoms with Gasteiger partial charge < -0.3 is 0 Å². The normalized spacial score (nSPS) is 10.0. The van der Waals surface area contributed by atoms with E-state index in [4.69, 9.17) is 0 Å². The third-order valence-corrected chi connectivity index (χ3v) is 4.87. The molecule has 0 nitrogen and oxygen atoms in total. The molecule has 0 bridgehead atoms.